The highest BCUT2D eigenvalue weighted by Crippen LogP contribution is 2.17. The molecule has 0 fully saturated rings. The number of nitrogen functional groups attached to an aromatic ring is 1. The zero-order valence-electron chi connectivity index (χ0n) is 12.7. The number of anilines is 1. The zero-order valence-corrected chi connectivity index (χ0v) is 12.7. The predicted molar refractivity (Wildman–Crippen MR) is 87.1 cm³/mol. The fourth-order valence-corrected chi connectivity index (χ4v) is 1.89. The summed E-state index contributed by atoms with van der Waals surface area (Å²) in [5.41, 5.74) is 8.19. The van der Waals surface area contributed by atoms with Crippen LogP contribution in [0.15, 0.2) is 42.5 Å². The number of carbonyl (C=O) groups is 1. The van der Waals surface area contributed by atoms with Crippen molar-refractivity contribution in [1.29, 1.82) is 0 Å². The van der Waals surface area contributed by atoms with E-state index in [1.807, 2.05) is 30.3 Å². The number of halogens is 1. The maximum atomic E-state index is 13.3. The summed E-state index contributed by atoms with van der Waals surface area (Å²) >= 11 is 0. The lowest BCUT2D eigenvalue weighted by molar-refractivity contribution is 0.141. The molecule has 0 unspecified atom stereocenters. The molecule has 23 heavy (non-hydrogen) atoms. The summed E-state index contributed by atoms with van der Waals surface area (Å²) in [6, 6.07) is 12.0. The second-order valence-electron chi connectivity index (χ2n) is 4.90. The Labute approximate surface area is 134 Å². The monoisotopic (exact) mass is 312 g/mol. The van der Waals surface area contributed by atoms with E-state index >= 15 is 0 Å². The van der Waals surface area contributed by atoms with Crippen molar-refractivity contribution in [2.75, 3.05) is 12.3 Å². The minimum Gasteiger partial charge on any atom is -0.445 e. The van der Waals surface area contributed by atoms with E-state index in [-0.39, 0.29) is 13.2 Å². The van der Waals surface area contributed by atoms with Crippen LogP contribution in [-0.2, 0) is 11.3 Å². The van der Waals surface area contributed by atoms with Gasteiger partial charge in [-0.25, -0.2) is 9.18 Å². The normalized spacial score (nSPS) is 9.65. The highest BCUT2D eigenvalue weighted by atomic mass is 19.1. The Morgan fingerprint density at radius 2 is 2.04 bits per heavy atom. The smallest absolute Gasteiger partial charge is 0.408 e. The number of nitrogens with two attached hydrogens (primary N) is 1. The standard InChI is InChI=1S/C18H17FN2O2/c1-13-10-16(19)11-15(17(13)20)8-5-9-21-18(22)23-12-14-6-3-2-4-7-14/h2-4,6-7,10-11H,9,12,20H2,1H3,(H,21,22). The van der Waals surface area contributed by atoms with Gasteiger partial charge in [0.15, 0.2) is 0 Å². The summed E-state index contributed by atoms with van der Waals surface area (Å²) in [7, 11) is 0. The van der Waals surface area contributed by atoms with Gasteiger partial charge >= 0.3 is 6.09 Å². The van der Waals surface area contributed by atoms with Crippen LogP contribution in [0.5, 0.6) is 0 Å². The molecule has 5 heteroatoms. The molecule has 2 rings (SSSR count). The van der Waals surface area contributed by atoms with Gasteiger partial charge in [-0.05, 0) is 30.2 Å². The van der Waals surface area contributed by atoms with Crippen LogP contribution in [0.25, 0.3) is 0 Å². The lowest BCUT2D eigenvalue weighted by Gasteiger charge is -2.05. The van der Waals surface area contributed by atoms with Crippen LogP contribution in [0.4, 0.5) is 14.9 Å². The first-order valence-electron chi connectivity index (χ1n) is 7.05. The fourth-order valence-electron chi connectivity index (χ4n) is 1.89. The third kappa shape index (κ3) is 5.04. The molecule has 0 spiro atoms. The molecule has 4 nitrogen and oxygen atoms in total. The highest BCUT2D eigenvalue weighted by Gasteiger charge is 2.03. The summed E-state index contributed by atoms with van der Waals surface area (Å²) in [6.45, 7) is 1.99. The maximum Gasteiger partial charge on any atom is 0.408 e. The van der Waals surface area contributed by atoms with Crippen molar-refractivity contribution < 1.29 is 13.9 Å². The van der Waals surface area contributed by atoms with Gasteiger partial charge in [-0.15, -0.1) is 0 Å². The zero-order chi connectivity index (χ0) is 16.7. The lowest BCUT2D eigenvalue weighted by atomic mass is 10.1. The number of alkyl carbamates (subject to hydrolysis) is 1. The molecule has 0 bridgehead atoms. The van der Waals surface area contributed by atoms with Crippen molar-refractivity contribution in [1.82, 2.24) is 5.32 Å². The lowest BCUT2D eigenvalue weighted by Crippen LogP contribution is -2.24. The summed E-state index contributed by atoms with van der Waals surface area (Å²) in [5.74, 6) is 5.06. The van der Waals surface area contributed by atoms with Gasteiger partial charge in [-0.1, -0.05) is 42.2 Å². The Morgan fingerprint density at radius 1 is 1.30 bits per heavy atom. The number of hydrogen-bond acceptors (Lipinski definition) is 3. The van der Waals surface area contributed by atoms with Gasteiger partial charge in [-0.3, -0.25) is 0 Å². The van der Waals surface area contributed by atoms with E-state index in [2.05, 4.69) is 17.2 Å². The Hall–Kier alpha value is -3.00. The van der Waals surface area contributed by atoms with Gasteiger partial charge in [-0.2, -0.15) is 0 Å². The number of hydrogen-bond donors (Lipinski definition) is 2. The third-order valence-electron chi connectivity index (χ3n) is 3.11. The van der Waals surface area contributed by atoms with Crippen molar-refractivity contribution in [3.8, 4) is 11.8 Å². The maximum absolute atomic E-state index is 13.3. The largest absolute Gasteiger partial charge is 0.445 e. The van der Waals surface area contributed by atoms with Crippen LogP contribution in [-0.4, -0.2) is 12.6 Å². The van der Waals surface area contributed by atoms with Gasteiger partial charge in [0.2, 0.25) is 0 Å². The Kier molecular flexibility index (Phi) is 5.59. The van der Waals surface area contributed by atoms with Crippen molar-refractivity contribution in [2.45, 2.75) is 13.5 Å². The molecule has 0 saturated heterocycles. The van der Waals surface area contributed by atoms with E-state index in [4.69, 9.17) is 10.5 Å². The van der Waals surface area contributed by atoms with Gasteiger partial charge in [0.1, 0.15) is 12.4 Å². The van der Waals surface area contributed by atoms with Crippen molar-refractivity contribution in [3.63, 3.8) is 0 Å². The molecule has 3 N–H and O–H groups in total. The molecular formula is C18H17FN2O2. The molecule has 0 aliphatic carbocycles. The van der Waals surface area contributed by atoms with Crippen molar-refractivity contribution in [2.24, 2.45) is 0 Å². The minimum atomic E-state index is -0.563. The van der Waals surface area contributed by atoms with E-state index in [1.54, 1.807) is 6.92 Å². The van der Waals surface area contributed by atoms with E-state index in [0.717, 1.165) is 5.56 Å². The van der Waals surface area contributed by atoms with Crippen LogP contribution in [0.3, 0.4) is 0 Å². The first-order chi connectivity index (χ1) is 11.1. The van der Waals surface area contributed by atoms with E-state index < -0.39 is 11.9 Å². The second kappa shape index (κ2) is 7.85. The van der Waals surface area contributed by atoms with Crippen LogP contribution in [0, 0.1) is 24.6 Å². The number of carbonyl (C=O) groups excluding carboxylic acids is 1. The number of benzene rings is 2. The van der Waals surface area contributed by atoms with Gasteiger partial charge in [0, 0.05) is 0 Å². The SMILES string of the molecule is Cc1cc(F)cc(C#CCNC(=O)OCc2ccccc2)c1N. The van der Waals surface area contributed by atoms with E-state index in [0.29, 0.717) is 16.8 Å². The number of ether oxygens (including phenoxy) is 1. The first-order valence-corrected chi connectivity index (χ1v) is 7.05. The number of amides is 1. The second-order valence-corrected chi connectivity index (χ2v) is 4.90. The molecule has 0 aromatic heterocycles. The van der Waals surface area contributed by atoms with Gasteiger partial charge in [0.05, 0.1) is 17.8 Å². The molecule has 0 saturated carbocycles. The topological polar surface area (TPSA) is 64.3 Å². The molecule has 118 valence electrons. The molecule has 2 aromatic carbocycles. The molecule has 2 aromatic rings. The van der Waals surface area contributed by atoms with Crippen LogP contribution in [0.1, 0.15) is 16.7 Å². The van der Waals surface area contributed by atoms with Crippen LogP contribution >= 0.6 is 0 Å². The average molecular weight is 312 g/mol. The predicted octanol–water partition coefficient (Wildman–Crippen LogP) is 2.99. The molecule has 0 heterocycles. The molecule has 0 aliphatic rings. The fraction of sp³-hybridized carbons (Fsp3) is 0.167. The van der Waals surface area contributed by atoms with Gasteiger partial charge in [0.25, 0.3) is 0 Å². The summed E-state index contributed by atoms with van der Waals surface area (Å²) in [5, 5.41) is 2.50. The summed E-state index contributed by atoms with van der Waals surface area (Å²) < 4.78 is 18.3. The Morgan fingerprint density at radius 3 is 2.78 bits per heavy atom. The minimum absolute atomic E-state index is 0.0859. The van der Waals surface area contributed by atoms with Crippen LogP contribution in [0.2, 0.25) is 0 Å². The third-order valence-corrected chi connectivity index (χ3v) is 3.11. The molecule has 1 amide bonds. The van der Waals surface area contributed by atoms with Crippen molar-refractivity contribution >= 4 is 11.8 Å². The average Bonchev–Trinajstić information content (AvgIpc) is 2.54. The first kappa shape index (κ1) is 16.4. The molecule has 0 radical (unpaired) electrons. The van der Waals surface area contributed by atoms with Crippen molar-refractivity contribution in [3.05, 3.63) is 65.0 Å². The Balaban J connectivity index is 1.82. The van der Waals surface area contributed by atoms with Gasteiger partial charge < -0.3 is 15.8 Å². The molecular weight excluding hydrogens is 295 g/mol. The summed E-state index contributed by atoms with van der Waals surface area (Å²) in [4.78, 5) is 11.5. The number of rotatable bonds is 3. The molecule has 0 atom stereocenters. The van der Waals surface area contributed by atoms with E-state index in [9.17, 15) is 9.18 Å². The summed E-state index contributed by atoms with van der Waals surface area (Å²) in [6.07, 6.45) is -0.563. The number of nitrogens with one attached hydrogen (secondary N) is 1. The quantitative estimate of drug-likeness (QED) is 0.676. The van der Waals surface area contributed by atoms with E-state index in [1.165, 1.54) is 12.1 Å². The highest BCUT2D eigenvalue weighted by molar-refractivity contribution is 5.67. The Bertz CT molecular complexity index is 749. The molecule has 0 aliphatic heterocycles. The number of aryl methyl sites for hydroxylation is 1. The van der Waals surface area contributed by atoms with Crippen LogP contribution < -0.4 is 11.1 Å².